The first kappa shape index (κ1) is 29.8. The van der Waals surface area contributed by atoms with Crippen molar-refractivity contribution in [1.82, 2.24) is 14.9 Å². The van der Waals surface area contributed by atoms with E-state index < -0.39 is 88.5 Å². The standard InChI is InChI=1S/C17H27N3O15P2/c1-7-5-9(18-8(2)21)12(23)16(32-7)34-37(29,30)35-36(27,28)31-6-10-13(24)14(25)15(33-10)20-4-3-11(22)19-17(20)26/h3-4,7,9-10,12-16,23-25H,5-6H2,1-2H3,(H,18,21)(H,27,28)(H,29,30)(H,19,22,26)/t7?,9-,10+,12?,13-,14?,15+,16+/m0/s1. The van der Waals surface area contributed by atoms with Crippen molar-refractivity contribution in [2.24, 2.45) is 0 Å². The molecule has 37 heavy (non-hydrogen) atoms. The zero-order chi connectivity index (χ0) is 27.7. The SMILES string of the molecule is CC(=O)N[C@H]1CC(C)O[C@H](OP(=O)(O)OP(=O)(O)OC[C@H]2O[C@@H](n3ccc(=O)[nH]c3=O)C(O)[C@H]2O)C1O. The first-order valence-corrected chi connectivity index (χ1v) is 13.7. The van der Waals surface area contributed by atoms with Gasteiger partial charge < -0.3 is 39.9 Å². The number of aromatic nitrogens is 2. The molecule has 2 fully saturated rings. The van der Waals surface area contributed by atoms with Gasteiger partial charge in [0.2, 0.25) is 5.91 Å². The Bertz CT molecular complexity index is 1190. The summed E-state index contributed by atoms with van der Waals surface area (Å²) in [5.41, 5.74) is -1.70. The second kappa shape index (κ2) is 11.5. The average Bonchev–Trinajstić information content (AvgIpc) is 3.02. The summed E-state index contributed by atoms with van der Waals surface area (Å²) in [6, 6.07) is 0.0349. The molecule has 10 atom stereocenters. The predicted octanol–water partition coefficient (Wildman–Crippen LogP) is -2.59. The summed E-state index contributed by atoms with van der Waals surface area (Å²) in [4.78, 5) is 56.2. The molecule has 3 rings (SSSR count). The third-order valence-corrected chi connectivity index (χ3v) is 7.94. The van der Waals surface area contributed by atoms with Crippen LogP contribution in [0.3, 0.4) is 0 Å². The quantitative estimate of drug-likeness (QED) is 0.149. The molecule has 2 aliphatic heterocycles. The van der Waals surface area contributed by atoms with Crippen LogP contribution in [-0.4, -0.2) is 90.0 Å². The number of H-pyrrole nitrogens is 1. The highest BCUT2D eigenvalue weighted by atomic mass is 31.3. The van der Waals surface area contributed by atoms with E-state index in [1.165, 1.54) is 13.8 Å². The van der Waals surface area contributed by atoms with Crippen LogP contribution < -0.4 is 16.6 Å². The summed E-state index contributed by atoms with van der Waals surface area (Å²) >= 11 is 0. The molecule has 0 bridgehead atoms. The normalized spacial score (nSPS) is 35.4. The molecule has 0 radical (unpaired) electrons. The largest absolute Gasteiger partial charge is 0.483 e. The van der Waals surface area contributed by atoms with Crippen molar-refractivity contribution < 1.29 is 61.9 Å². The van der Waals surface area contributed by atoms with Gasteiger partial charge in [0.25, 0.3) is 5.56 Å². The van der Waals surface area contributed by atoms with Crippen LogP contribution in [0.25, 0.3) is 0 Å². The number of hydrogen-bond acceptors (Lipinski definition) is 13. The Labute approximate surface area is 207 Å². The number of hydrogen-bond donors (Lipinski definition) is 7. The number of aromatic amines is 1. The van der Waals surface area contributed by atoms with Gasteiger partial charge in [0.15, 0.2) is 12.5 Å². The maximum absolute atomic E-state index is 12.3. The molecule has 0 saturated carbocycles. The van der Waals surface area contributed by atoms with E-state index in [2.05, 4.69) is 18.7 Å². The van der Waals surface area contributed by atoms with Crippen molar-refractivity contribution in [2.75, 3.05) is 6.61 Å². The summed E-state index contributed by atoms with van der Waals surface area (Å²) < 4.78 is 49.3. The highest BCUT2D eigenvalue weighted by molar-refractivity contribution is 7.61. The second-order valence-corrected chi connectivity index (χ2v) is 11.3. The molecule has 1 amide bonds. The summed E-state index contributed by atoms with van der Waals surface area (Å²) in [5.74, 6) is -0.498. The molecule has 20 heteroatoms. The van der Waals surface area contributed by atoms with E-state index >= 15 is 0 Å². The third kappa shape index (κ3) is 7.63. The van der Waals surface area contributed by atoms with Crippen LogP contribution in [-0.2, 0) is 36.8 Å². The number of amides is 1. The lowest BCUT2D eigenvalue weighted by atomic mass is 10.0. The van der Waals surface area contributed by atoms with Crippen LogP contribution in [0.4, 0.5) is 0 Å². The van der Waals surface area contributed by atoms with Gasteiger partial charge in [0.05, 0.1) is 18.8 Å². The highest BCUT2D eigenvalue weighted by Gasteiger charge is 2.47. The van der Waals surface area contributed by atoms with Gasteiger partial charge in [-0.1, -0.05) is 0 Å². The number of rotatable bonds is 9. The number of nitrogens with one attached hydrogen (secondary N) is 2. The van der Waals surface area contributed by atoms with Gasteiger partial charge in [-0.2, -0.15) is 4.31 Å². The summed E-state index contributed by atoms with van der Waals surface area (Å²) in [6.45, 7) is 1.74. The highest BCUT2D eigenvalue weighted by Crippen LogP contribution is 2.61. The molecule has 0 aromatic carbocycles. The van der Waals surface area contributed by atoms with E-state index in [9.17, 15) is 48.6 Å². The van der Waals surface area contributed by atoms with Gasteiger partial charge in [-0.3, -0.25) is 28.2 Å². The van der Waals surface area contributed by atoms with Gasteiger partial charge >= 0.3 is 21.3 Å². The zero-order valence-corrected chi connectivity index (χ0v) is 21.1. The van der Waals surface area contributed by atoms with Gasteiger partial charge in [-0.25, -0.2) is 13.9 Å². The molecule has 0 aliphatic carbocycles. The minimum Gasteiger partial charge on any atom is -0.387 e. The lowest BCUT2D eigenvalue weighted by Gasteiger charge is -2.38. The number of carbonyl (C=O) groups is 1. The fourth-order valence-corrected chi connectivity index (χ4v) is 5.90. The predicted molar refractivity (Wildman–Crippen MR) is 118 cm³/mol. The van der Waals surface area contributed by atoms with Crippen LogP contribution in [0.15, 0.2) is 21.9 Å². The van der Waals surface area contributed by atoms with E-state index in [0.717, 1.165) is 16.8 Å². The van der Waals surface area contributed by atoms with E-state index in [1.807, 2.05) is 4.98 Å². The minimum absolute atomic E-state index is 0.139. The molecule has 2 saturated heterocycles. The number of aliphatic hydroxyl groups excluding tert-OH is 3. The van der Waals surface area contributed by atoms with Crippen LogP contribution in [0, 0.1) is 0 Å². The number of phosphoric ester groups is 2. The number of ether oxygens (including phenoxy) is 2. The molecule has 2 aliphatic rings. The van der Waals surface area contributed by atoms with Gasteiger partial charge in [-0.05, 0) is 13.3 Å². The fraction of sp³-hybridized carbons (Fsp3) is 0.706. The maximum Gasteiger partial charge on any atom is 0.483 e. The summed E-state index contributed by atoms with van der Waals surface area (Å²) in [7, 11) is -10.8. The lowest BCUT2D eigenvalue weighted by molar-refractivity contribution is -0.212. The Kier molecular flexibility index (Phi) is 9.27. The monoisotopic (exact) mass is 575 g/mol. The zero-order valence-electron chi connectivity index (χ0n) is 19.3. The van der Waals surface area contributed by atoms with Crippen molar-refractivity contribution >= 4 is 21.6 Å². The lowest BCUT2D eigenvalue weighted by Crippen LogP contribution is -2.55. The summed E-state index contributed by atoms with van der Waals surface area (Å²) in [6.07, 6.45) is -9.51. The van der Waals surface area contributed by atoms with Crippen molar-refractivity contribution in [3.63, 3.8) is 0 Å². The number of nitrogens with zero attached hydrogens (tertiary/aromatic N) is 1. The molecule has 5 unspecified atom stereocenters. The Hall–Kier alpha value is -1.79. The van der Waals surface area contributed by atoms with E-state index in [-0.39, 0.29) is 6.42 Å². The first-order valence-electron chi connectivity index (χ1n) is 10.7. The third-order valence-electron chi connectivity index (χ3n) is 5.34. The van der Waals surface area contributed by atoms with Crippen molar-refractivity contribution in [1.29, 1.82) is 0 Å². The van der Waals surface area contributed by atoms with Crippen LogP contribution in [0.5, 0.6) is 0 Å². The number of aliphatic hydroxyl groups is 3. The van der Waals surface area contributed by atoms with E-state index in [4.69, 9.17) is 9.47 Å². The molecule has 3 heterocycles. The molecule has 7 N–H and O–H groups in total. The fourth-order valence-electron chi connectivity index (χ4n) is 3.74. The average molecular weight is 575 g/mol. The van der Waals surface area contributed by atoms with E-state index in [1.54, 1.807) is 0 Å². The molecule has 18 nitrogen and oxygen atoms in total. The molecular weight excluding hydrogens is 548 g/mol. The van der Waals surface area contributed by atoms with Gasteiger partial charge in [0, 0.05) is 19.2 Å². The maximum atomic E-state index is 12.3. The molecule has 1 aromatic rings. The van der Waals surface area contributed by atoms with Gasteiger partial charge in [0.1, 0.15) is 24.4 Å². The first-order chi connectivity index (χ1) is 17.1. The van der Waals surface area contributed by atoms with E-state index in [0.29, 0.717) is 0 Å². The van der Waals surface area contributed by atoms with Crippen molar-refractivity contribution in [2.45, 2.75) is 69.3 Å². The molecule has 1 aromatic heterocycles. The second-order valence-electron chi connectivity index (χ2n) is 8.33. The number of phosphoric acid groups is 2. The van der Waals surface area contributed by atoms with Crippen LogP contribution >= 0.6 is 15.6 Å². The smallest absolute Gasteiger partial charge is 0.387 e. The molecule has 210 valence electrons. The van der Waals surface area contributed by atoms with Crippen molar-refractivity contribution in [3.8, 4) is 0 Å². The Balaban J connectivity index is 1.61. The molecule has 0 spiro atoms. The Morgan fingerprint density at radius 2 is 1.84 bits per heavy atom. The van der Waals surface area contributed by atoms with Gasteiger partial charge in [-0.15, -0.1) is 0 Å². The minimum atomic E-state index is -5.43. The van der Waals surface area contributed by atoms with Crippen LogP contribution in [0.1, 0.15) is 26.5 Å². The van der Waals surface area contributed by atoms with Crippen molar-refractivity contribution in [3.05, 3.63) is 33.1 Å². The number of carbonyl (C=O) groups excluding carboxylic acids is 1. The molecular formula is C17H27N3O15P2. The Morgan fingerprint density at radius 1 is 1.16 bits per heavy atom. The topological polar surface area (TPSA) is 265 Å². The Morgan fingerprint density at radius 3 is 2.46 bits per heavy atom. The van der Waals surface area contributed by atoms with Crippen LogP contribution in [0.2, 0.25) is 0 Å². The summed E-state index contributed by atoms with van der Waals surface area (Å²) in [5, 5.41) is 33.1.